The number of nitrogens with one attached hydrogen (secondary N) is 1. The maximum atomic E-state index is 12.9. The zero-order valence-corrected chi connectivity index (χ0v) is 14.0. The Morgan fingerprint density at radius 2 is 2.00 bits per heavy atom. The summed E-state index contributed by atoms with van der Waals surface area (Å²) in [5, 5.41) is 11.1. The summed E-state index contributed by atoms with van der Waals surface area (Å²) < 4.78 is 16.3. The van der Waals surface area contributed by atoms with Gasteiger partial charge >= 0.3 is 0 Å². The van der Waals surface area contributed by atoms with E-state index in [4.69, 9.17) is 0 Å². The molecule has 0 fully saturated rings. The van der Waals surface area contributed by atoms with Crippen LogP contribution in [0.4, 0.5) is 10.1 Å². The van der Waals surface area contributed by atoms with E-state index in [1.807, 2.05) is 14.0 Å². The van der Waals surface area contributed by atoms with Gasteiger partial charge in [0.2, 0.25) is 5.91 Å². The van der Waals surface area contributed by atoms with Crippen molar-refractivity contribution in [2.24, 2.45) is 7.05 Å². The Morgan fingerprint density at radius 3 is 2.68 bits per heavy atom. The molecule has 128 valence electrons. The second kappa shape index (κ2) is 7.12. The average Bonchev–Trinajstić information content (AvgIpc) is 3.15. The van der Waals surface area contributed by atoms with Crippen molar-refractivity contribution in [2.75, 3.05) is 5.32 Å². The lowest BCUT2D eigenvalue weighted by Crippen LogP contribution is -2.07. The van der Waals surface area contributed by atoms with E-state index in [1.165, 1.54) is 18.2 Å². The van der Waals surface area contributed by atoms with Crippen molar-refractivity contribution in [3.8, 4) is 0 Å². The Hall–Kier alpha value is -3.22. The number of halogens is 1. The molecule has 0 bridgehead atoms. The Labute approximate surface area is 144 Å². The van der Waals surface area contributed by atoms with Crippen LogP contribution in [0.1, 0.15) is 16.8 Å². The smallest absolute Gasteiger partial charge is 0.248 e. The van der Waals surface area contributed by atoms with Crippen LogP contribution in [0, 0.1) is 12.7 Å². The van der Waals surface area contributed by atoms with E-state index in [1.54, 1.807) is 46.2 Å². The third kappa shape index (κ3) is 4.20. The first-order chi connectivity index (χ1) is 12.0. The van der Waals surface area contributed by atoms with Crippen molar-refractivity contribution >= 4 is 17.7 Å². The van der Waals surface area contributed by atoms with Crippen LogP contribution in [0.5, 0.6) is 0 Å². The third-order valence-electron chi connectivity index (χ3n) is 3.85. The van der Waals surface area contributed by atoms with E-state index in [-0.39, 0.29) is 11.7 Å². The quantitative estimate of drug-likeness (QED) is 0.727. The van der Waals surface area contributed by atoms with Gasteiger partial charge in [-0.25, -0.2) is 4.39 Å². The van der Waals surface area contributed by atoms with E-state index in [0.717, 1.165) is 16.8 Å². The van der Waals surface area contributed by atoms with E-state index < -0.39 is 0 Å². The molecule has 2 aromatic heterocycles. The van der Waals surface area contributed by atoms with Gasteiger partial charge in [0.25, 0.3) is 0 Å². The van der Waals surface area contributed by atoms with Gasteiger partial charge in [-0.1, -0.05) is 12.1 Å². The number of benzene rings is 1. The molecule has 0 radical (unpaired) electrons. The Morgan fingerprint density at radius 1 is 1.24 bits per heavy atom. The van der Waals surface area contributed by atoms with Crippen molar-refractivity contribution in [1.82, 2.24) is 19.6 Å². The number of nitrogens with zero attached hydrogens (tertiary/aromatic N) is 4. The number of carbonyl (C=O) groups excluding carboxylic acids is 1. The first kappa shape index (κ1) is 16.6. The Bertz CT molecular complexity index is 908. The van der Waals surface area contributed by atoms with Crippen molar-refractivity contribution < 1.29 is 9.18 Å². The molecule has 0 aliphatic rings. The molecule has 0 aliphatic heterocycles. The molecule has 0 saturated carbocycles. The van der Waals surface area contributed by atoms with Gasteiger partial charge in [-0.05, 0) is 30.7 Å². The highest BCUT2D eigenvalue weighted by molar-refractivity contribution is 6.01. The predicted molar refractivity (Wildman–Crippen MR) is 93.3 cm³/mol. The zero-order chi connectivity index (χ0) is 17.8. The lowest BCUT2D eigenvalue weighted by Gasteiger charge is -2.01. The fraction of sp³-hybridized carbons (Fsp3) is 0.167. The normalized spacial score (nSPS) is 11.2. The minimum atomic E-state index is -0.271. The van der Waals surface area contributed by atoms with Gasteiger partial charge in [0.15, 0.2) is 0 Å². The van der Waals surface area contributed by atoms with Crippen LogP contribution in [-0.4, -0.2) is 25.5 Å². The lowest BCUT2D eigenvalue weighted by molar-refractivity contribution is -0.111. The van der Waals surface area contributed by atoms with Gasteiger partial charge in [0.05, 0.1) is 24.6 Å². The molecule has 0 saturated heterocycles. The summed E-state index contributed by atoms with van der Waals surface area (Å²) in [6, 6.07) is 6.22. The summed E-state index contributed by atoms with van der Waals surface area (Å²) in [6.45, 7) is 2.44. The summed E-state index contributed by atoms with van der Waals surface area (Å²) in [6.07, 6.45) is 8.19. The minimum absolute atomic E-state index is 0.246. The van der Waals surface area contributed by atoms with Crippen molar-refractivity contribution in [3.63, 3.8) is 0 Å². The number of amides is 1. The maximum Gasteiger partial charge on any atom is 0.248 e. The fourth-order valence-corrected chi connectivity index (χ4v) is 2.32. The lowest BCUT2D eigenvalue weighted by atomic mass is 10.2. The molecule has 0 aliphatic carbocycles. The predicted octanol–water partition coefficient (Wildman–Crippen LogP) is 2.76. The van der Waals surface area contributed by atoms with Gasteiger partial charge in [-0.15, -0.1) is 0 Å². The molecule has 1 aromatic carbocycles. The minimum Gasteiger partial charge on any atom is -0.320 e. The van der Waals surface area contributed by atoms with Gasteiger partial charge in [0, 0.05) is 30.6 Å². The van der Waals surface area contributed by atoms with E-state index >= 15 is 0 Å². The van der Waals surface area contributed by atoms with E-state index in [2.05, 4.69) is 15.5 Å². The third-order valence-corrected chi connectivity index (χ3v) is 3.85. The molecule has 0 unspecified atom stereocenters. The van der Waals surface area contributed by atoms with E-state index in [0.29, 0.717) is 12.2 Å². The molecule has 3 rings (SSSR count). The highest BCUT2D eigenvalue weighted by Gasteiger charge is 2.04. The average molecular weight is 339 g/mol. The molecule has 7 heteroatoms. The topological polar surface area (TPSA) is 64.7 Å². The van der Waals surface area contributed by atoms with Crippen molar-refractivity contribution in [1.29, 1.82) is 0 Å². The van der Waals surface area contributed by atoms with Crippen LogP contribution in [0.2, 0.25) is 0 Å². The summed E-state index contributed by atoms with van der Waals surface area (Å²) in [4.78, 5) is 12.0. The van der Waals surface area contributed by atoms with Crippen LogP contribution in [0.25, 0.3) is 6.08 Å². The van der Waals surface area contributed by atoms with Crippen LogP contribution >= 0.6 is 0 Å². The largest absolute Gasteiger partial charge is 0.320 e. The van der Waals surface area contributed by atoms with Gasteiger partial charge in [0.1, 0.15) is 5.82 Å². The number of hydrogen-bond donors (Lipinski definition) is 1. The van der Waals surface area contributed by atoms with Gasteiger partial charge < -0.3 is 5.32 Å². The van der Waals surface area contributed by atoms with Crippen LogP contribution < -0.4 is 5.32 Å². The number of rotatable bonds is 5. The number of anilines is 1. The van der Waals surface area contributed by atoms with E-state index in [9.17, 15) is 9.18 Å². The van der Waals surface area contributed by atoms with Crippen LogP contribution in [0.3, 0.4) is 0 Å². The maximum absolute atomic E-state index is 12.9. The van der Waals surface area contributed by atoms with Crippen LogP contribution in [-0.2, 0) is 18.4 Å². The monoisotopic (exact) mass is 339 g/mol. The summed E-state index contributed by atoms with van der Waals surface area (Å²) >= 11 is 0. The highest BCUT2D eigenvalue weighted by Crippen LogP contribution is 2.10. The zero-order valence-electron chi connectivity index (χ0n) is 14.0. The molecular formula is C18H18FN5O. The molecule has 0 atom stereocenters. The Balaban J connectivity index is 1.60. The van der Waals surface area contributed by atoms with Gasteiger partial charge in [-0.3, -0.25) is 14.2 Å². The van der Waals surface area contributed by atoms with Crippen LogP contribution in [0.15, 0.2) is 48.9 Å². The summed E-state index contributed by atoms with van der Waals surface area (Å²) in [7, 11) is 1.85. The molecular weight excluding hydrogens is 321 g/mol. The van der Waals surface area contributed by atoms with Gasteiger partial charge in [-0.2, -0.15) is 10.2 Å². The van der Waals surface area contributed by atoms with Crippen molar-refractivity contribution in [2.45, 2.75) is 13.5 Å². The fourth-order valence-electron chi connectivity index (χ4n) is 2.32. The number of aromatic nitrogens is 4. The molecule has 6 nitrogen and oxygen atoms in total. The SMILES string of the molecule is Cc1c(/C=C/C(=O)Nc2cnn(Cc3ccc(F)cc3)c2)cnn1C. The first-order valence-electron chi connectivity index (χ1n) is 7.76. The Kier molecular flexibility index (Phi) is 4.74. The second-order valence-electron chi connectivity index (χ2n) is 5.68. The van der Waals surface area contributed by atoms with Crippen molar-refractivity contribution in [3.05, 3.63) is 71.6 Å². The standard InChI is InChI=1S/C18H18FN5O/c1-13-15(9-20-23(13)2)5-8-18(25)22-17-10-21-24(12-17)11-14-3-6-16(19)7-4-14/h3-10,12H,11H2,1-2H3,(H,22,25)/b8-5+. The molecule has 25 heavy (non-hydrogen) atoms. The molecule has 0 spiro atoms. The highest BCUT2D eigenvalue weighted by atomic mass is 19.1. The molecule has 1 amide bonds. The summed E-state index contributed by atoms with van der Waals surface area (Å²) in [5.41, 5.74) is 3.40. The first-order valence-corrected chi connectivity index (χ1v) is 7.76. The molecule has 1 N–H and O–H groups in total. The second-order valence-corrected chi connectivity index (χ2v) is 5.68. The molecule has 3 aromatic rings. The molecule has 2 heterocycles. The number of carbonyl (C=O) groups is 1. The number of aryl methyl sites for hydroxylation is 1. The summed E-state index contributed by atoms with van der Waals surface area (Å²) in [5.74, 6) is -0.516. The number of hydrogen-bond acceptors (Lipinski definition) is 3.